The van der Waals surface area contributed by atoms with Crippen LogP contribution in [0.1, 0.15) is 19.8 Å². The predicted octanol–water partition coefficient (Wildman–Crippen LogP) is 3.33. The van der Waals surface area contributed by atoms with Crippen molar-refractivity contribution in [2.24, 2.45) is 5.92 Å². The van der Waals surface area contributed by atoms with Crippen LogP contribution in [-0.4, -0.2) is 14.8 Å². The summed E-state index contributed by atoms with van der Waals surface area (Å²) in [5.41, 5.74) is -0.304. The summed E-state index contributed by atoms with van der Waals surface area (Å²) in [7, 11) is 0. The van der Waals surface area contributed by atoms with Crippen molar-refractivity contribution in [1.82, 2.24) is 4.57 Å². The van der Waals surface area contributed by atoms with E-state index in [1.807, 2.05) is 0 Å². The van der Waals surface area contributed by atoms with E-state index >= 15 is 0 Å². The molecule has 0 radical (unpaired) electrons. The standard InChI is InChI=1S/C11H14Br2N2O3/c1-8(2-4-12)3-5-14-7-9(15(17)18)6-10(13)11(14)16/h6-8H,2-5H2,1H3. The van der Waals surface area contributed by atoms with E-state index in [4.69, 9.17) is 0 Å². The van der Waals surface area contributed by atoms with Gasteiger partial charge in [-0.05, 0) is 34.7 Å². The van der Waals surface area contributed by atoms with Crippen LogP contribution in [0.25, 0.3) is 0 Å². The molecule has 18 heavy (non-hydrogen) atoms. The molecule has 7 heteroatoms. The van der Waals surface area contributed by atoms with Gasteiger partial charge in [-0.2, -0.15) is 0 Å². The van der Waals surface area contributed by atoms with Crippen LogP contribution >= 0.6 is 31.9 Å². The zero-order chi connectivity index (χ0) is 13.7. The van der Waals surface area contributed by atoms with E-state index in [2.05, 4.69) is 38.8 Å². The summed E-state index contributed by atoms with van der Waals surface area (Å²) in [4.78, 5) is 22.0. The summed E-state index contributed by atoms with van der Waals surface area (Å²) in [5.74, 6) is 0.467. The molecular weight excluding hydrogens is 368 g/mol. The highest BCUT2D eigenvalue weighted by molar-refractivity contribution is 9.10. The minimum atomic E-state index is -0.497. The van der Waals surface area contributed by atoms with Crippen LogP contribution in [0, 0.1) is 16.0 Å². The van der Waals surface area contributed by atoms with E-state index < -0.39 is 4.92 Å². The van der Waals surface area contributed by atoms with Crippen LogP contribution in [0.3, 0.4) is 0 Å². The number of nitrogens with zero attached hydrogens (tertiary/aromatic N) is 2. The molecule has 0 amide bonds. The van der Waals surface area contributed by atoms with E-state index in [-0.39, 0.29) is 15.7 Å². The molecule has 1 rings (SSSR count). The van der Waals surface area contributed by atoms with Gasteiger partial charge in [-0.25, -0.2) is 0 Å². The fourth-order valence-electron chi connectivity index (χ4n) is 1.54. The lowest BCUT2D eigenvalue weighted by molar-refractivity contribution is -0.385. The van der Waals surface area contributed by atoms with Crippen molar-refractivity contribution >= 4 is 37.5 Å². The summed E-state index contributed by atoms with van der Waals surface area (Å²) in [6, 6.07) is 1.24. The van der Waals surface area contributed by atoms with Crippen LogP contribution in [0.15, 0.2) is 21.5 Å². The van der Waals surface area contributed by atoms with Gasteiger partial charge in [0, 0.05) is 17.9 Å². The average molecular weight is 382 g/mol. The third-order valence-electron chi connectivity index (χ3n) is 2.70. The molecule has 0 aliphatic rings. The van der Waals surface area contributed by atoms with E-state index in [1.165, 1.54) is 16.8 Å². The molecule has 0 bridgehead atoms. The molecule has 1 aromatic rings. The van der Waals surface area contributed by atoms with Crippen molar-refractivity contribution in [3.63, 3.8) is 0 Å². The summed E-state index contributed by atoms with van der Waals surface area (Å²) >= 11 is 6.43. The Hall–Kier alpha value is -0.690. The summed E-state index contributed by atoms with van der Waals surface area (Å²) in [5, 5.41) is 11.6. The maximum atomic E-state index is 11.8. The Morgan fingerprint density at radius 2 is 2.17 bits per heavy atom. The summed E-state index contributed by atoms with van der Waals surface area (Å²) in [6.07, 6.45) is 3.14. The van der Waals surface area contributed by atoms with Gasteiger partial charge in [-0.3, -0.25) is 14.9 Å². The lowest BCUT2D eigenvalue weighted by atomic mass is 10.1. The molecule has 0 aromatic carbocycles. The predicted molar refractivity (Wildman–Crippen MR) is 77.2 cm³/mol. The first-order chi connectivity index (χ1) is 8.45. The van der Waals surface area contributed by atoms with E-state index in [1.54, 1.807) is 0 Å². The Kier molecular flexibility index (Phi) is 6.01. The molecule has 0 spiro atoms. The van der Waals surface area contributed by atoms with Gasteiger partial charge in [0.25, 0.3) is 11.2 Å². The van der Waals surface area contributed by atoms with Crippen molar-refractivity contribution < 1.29 is 4.92 Å². The Labute approximate surface area is 122 Å². The van der Waals surface area contributed by atoms with Crippen molar-refractivity contribution in [3.8, 4) is 0 Å². The molecule has 0 aliphatic carbocycles. The SMILES string of the molecule is CC(CCBr)CCn1cc([N+](=O)[O-])cc(Br)c1=O. The van der Waals surface area contributed by atoms with Crippen LogP contribution in [0.5, 0.6) is 0 Å². The summed E-state index contributed by atoms with van der Waals surface area (Å²) < 4.78 is 1.62. The molecule has 1 atom stereocenters. The van der Waals surface area contributed by atoms with Gasteiger partial charge >= 0.3 is 0 Å². The molecule has 0 saturated heterocycles. The average Bonchev–Trinajstić information content (AvgIpc) is 2.31. The molecule has 100 valence electrons. The first kappa shape index (κ1) is 15.4. The number of nitro groups is 1. The Morgan fingerprint density at radius 3 is 2.72 bits per heavy atom. The van der Waals surface area contributed by atoms with Gasteiger partial charge in [0.1, 0.15) is 0 Å². The van der Waals surface area contributed by atoms with Gasteiger partial charge in [-0.1, -0.05) is 22.9 Å². The smallest absolute Gasteiger partial charge is 0.286 e. The lowest BCUT2D eigenvalue weighted by Crippen LogP contribution is -2.21. The van der Waals surface area contributed by atoms with Crippen molar-refractivity contribution in [2.45, 2.75) is 26.3 Å². The number of hydrogen-bond donors (Lipinski definition) is 0. The van der Waals surface area contributed by atoms with Gasteiger partial charge in [0.05, 0.1) is 15.6 Å². The van der Waals surface area contributed by atoms with E-state index in [0.717, 1.165) is 18.2 Å². The van der Waals surface area contributed by atoms with Gasteiger partial charge in [0.15, 0.2) is 0 Å². The monoisotopic (exact) mass is 380 g/mol. The Bertz CT molecular complexity index is 488. The third-order valence-corrected chi connectivity index (χ3v) is 3.73. The second kappa shape index (κ2) is 7.04. The number of alkyl halides is 1. The van der Waals surface area contributed by atoms with Crippen LogP contribution in [0.4, 0.5) is 5.69 Å². The number of halogens is 2. The molecule has 1 heterocycles. The molecule has 5 nitrogen and oxygen atoms in total. The van der Waals surface area contributed by atoms with Crippen LogP contribution in [-0.2, 0) is 6.54 Å². The third kappa shape index (κ3) is 4.20. The van der Waals surface area contributed by atoms with Gasteiger partial charge in [0.2, 0.25) is 0 Å². The topological polar surface area (TPSA) is 65.1 Å². The second-order valence-electron chi connectivity index (χ2n) is 4.17. The highest BCUT2D eigenvalue weighted by Gasteiger charge is 2.12. The van der Waals surface area contributed by atoms with E-state index in [0.29, 0.717) is 12.5 Å². The van der Waals surface area contributed by atoms with Crippen LogP contribution in [0.2, 0.25) is 0 Å². The fraction of sp³-hybridized carbons (Fsp3) is 0.545. The van der Waals surface area contributed by atoms with E-state index in [9.17, 15) is 14.9 Å². The Balaban J connectivity index is 2.88. The number of aryl methyl sites for hydroxylation is 1. The van der Waals surface area contributed by atoms with Crippen molar-refractivity contribution in [3.05, 3.63) is 37.2 Å². The molecule has 0 fully saturated rings. The highest BCUT2D eigenvalue weighted by Crippen LogP contribution is 2.16. The summed E-state index contributed by atoms with van der Waals surface area (Å²) in [6.45, 7) is 2.59. The molecule has 1 aromatic heterocycles. The zero-order valence-electron chi connectivity index (χ0n) is 9.94. The molecular formula is C11H14Br2N2O3. The number of aromatic nitrogens is 1. The molecule has 0 saturated carbocycles. The fourth-order valence-corrected chi connectivity index (χ4v) is 2.78. The normalized spacial score (nSPS) is 12.4. The minimum Gasteiger partial charge on any atom is -0.308 e. The number of rotatable bonds is 6. The first-order valence-electron chi connectivity index (χ1n) is 5.56. The lowest BCUT2D eigenvalue weighted by Gasteiger charge is -2.11. The molecule has 0 N–H and O–H groups in total. The van der Waals surface area contributed by atoms with Crippen LogP contribution < -0.4 is 5.56 Å². The maximum absolute atomic E-state index is 11.8. The maximum Gasteiger partial charge on any atom is 0.286 e. The van der Waals surface area contributed by atoms with Gasteiger partial charge in [-0.15, -0.1) is 0 Å². The highest BCUT2D eigenvalue weighted by atomic mass is 79.9. The van der Waals surface area contributed by atoms with Crippen molar-refractivity contribution in [1.29, 1.82) is 0 Å². The quantitative estimate of drug-likeness (QED) is 0.431. The number of pyridine rings is 1. The number of hydrogen-bond acceptors (Lipinski definition) is 3. The second-order valence-corrected chi connectivity index (χ2v) is 5.82. The largest absolute Gasteiger partial charge is 0.308 e. The minimum absolute atomic E-state index is 0.0744. The first-order valence-corrected chi connectivity index (χ1v) is 7.47. The molecule has 0 aliphatic heterocycles. The van der Waals surface area contributed by atoms with Gasteiger partial charge < -0.3 is 4.57 Å². The zero-order valence-corrected chi connectivity index (χ0v) is 13.1. The van der Waals surface area contributed by atoms with Crippen molar-refractivity contribution in [2.75, 3.05) is 5.33 Å². The molecule has 1 unspecified atom stereocenters. The Morgan fingerprint density at radius 1 is 1.50 bits per heavy atom.